The topological polar surface area (TPSA) is 74.4 Å². The van der Waals surface area contributed by atoms with Crippen LogP contribution in [0.5, 0.6) is 11.5 Å². The average molecular weight is 487 g/mol. The maximum absolute atomic E-state index is 13.0. The van der Waals surface area contributed by atoms with Crippen LogP contribution in [0.4, 0.5) is 0 Å². The zero-order valence-electron chi connectivity index (χ0n) is 21.5. The van der Waals surface area contributed by atoms with Crippen LogP contribution in [0.25, 0.3) is 0 Å². The summed E-state index contributed by atoms with van der Waals surface area (Å²) in [6.45, 7) is 11.5. The van der Waals surface area contributed by atoms with Crippen molar-refractivity contribution < 1.29 is 19.1 Å². The number of nitrogens with one attached hydrogen (secondary N) is 1. The number of nitrogens with zero attached hydrogens (tertiary/aromatic N) is 3. The highest BCUT2D eigenvalue weighted by Crippen LogP contribution is 2.34. The van der Waals surface area contributed by atoms with Crippen LogP contribution in [0.3, 0.4) is 0 Å². The van der Waals surface area contributed by atoms with Gasteiger partial charge in [0.25, 0.3) is 0 Å². The van der Waals surface area contributed by atoms with Gasteiger partial charge in [-0.3, -0.25) is 19.4 Å². The lowest BCUT2D eigenvalue weighted by molar-refractivity contribution is -0.133. The molecule has 3 heterocycles. The number of amides is 2. The average Bonchev–Trinajstić information content (AvgIpc) is 3.26. The second kappa shape index (κ2) is 12.6. The fraction of sp³-hybridized carbons (Fsp3) is 0.704. The Labute approximate surface area is 209 Å². The fourth-order valence-electron chi connectivity index (χ4n) is 5.15. The highest BCUT2D eigenvalue weighted by Gasteiger charge is 2.25. The zero-order chi connectivity index (χ0) is 24.6. The molecule has 0 spiro atoms. The molecule has 1 unspecified atom stereocenters. The number of piperazine rings is 1. The molecular formula is C27H42N4O4. The summed E-state index contributed by atoms with van der Waals surface area (Å²) in [4.78, 5) is 32.1. The van der Waals surface area contributed by atoms with E-state index >= 15 is 0 Å². The molecule has 4 rings (SSSR count). The second-order valence-electron chi connectivity index (χ2n) is 10.4. The van der Waals surface area contributed by atoms with Crippen molar-refractivity contribution in [3.05, 3.63) is 23.8 Å². The van der Waals surface area contributed by atoms with Crippen LogP contribution in [-0.2, 0) is 9.59 Å². The summed E-state index contributed by atoms with van der Waals surface area (Å²) in [6, 6.07) is 5.89. The number of ether oxygens (including phenoxy) is 2. The Morgan fingerprint density at radius 3 is 2.11 bits per heavy atom. The van der Waals surface area contributed by atoms with Crippen LogP contribution in [0.15, 0.2) is 18.2 Å². The molecule has 8 heteroatoms. The minimum Gasteiger partial charge on any atom is -0.490 e. The molecule has 2 fully saturated rings. The highest BCUT2D eigenvalue weighted by molar-refractivity contribution is 5.79. The number of hydrogen-bond acceptors (Lipinski definition) is 6. The Balaban J connectivity index is 1.25. The summed E-state index contributed by atoms with van der Waals surface area (Å²) in [5.74, 6) is 2.06. The minimum absolute atomic E-state index is 0.0323. The van der Waals surface area contributed by atoms with E-state index in [1.807, 2.05) is 23.1 Å². The third-order valence-electron chi connectivity index (χ3n) is 7.26. The molecule has 8 nitrogen and oxygen atoms in total. The summed E-state index contributed by atoms with van der Waals surface area (Å²) < 4.78 is 11.6. The third-order valence-corrected chi connectivity index (χ3v) is 7.26. The van der Waals surface area contributed by atoms with Gasteiger partial charge in [0.1, 0.15) is 0 Å². The number of hydrogen-bond donors (Lipinski definition) is 1. The molecule has 35 heavy (non-hydrogen) atoms. The van der Waals surface area contributed by atoms with Gasteiger partial charge in [-0.15, -0.1) is 0 Å². The van der Waals surface area contributed by atoms with E-state index in [9.17, 15) is 9.59 Å². The normalized spacial score (nSPS) is 20.7. The van der Waals surface area contributed by atoms with Gasteiger partial charge in [0, 0.05) is 45.7 Å². The summed E-state index contributed by atoms with van der Waals surface area (Å²) in [7, 11) is 0. The summed E-state index contributed by atoms with van der Waals surface area (Å²) in [6.07, 6.45) is 5.58. The van der Waals surface area contributed by atoms with Gasteiger partial charge in [-0.05, 0) is 36.5 Å². The highest BCUT2D eigenvalue weighted by atomic mass is 16.5. The lowest BCUT2D eigenvalue weighted by Gasteiger charge is -2.35. The Hall–Kier alpha value is -2.32. The van der Waals surface area contributed by atoms with E-state index in [4.69, 9.17) is 9.47 Å². The van der Waals surface area contributed by atoms with Gasteiger partial charge in [0.05, 0.1) is 32.3 Å². The van der Waals surface area contributed by atoms with Gasteiger partial charge in [0.15, 0.2) is 11.5 Å². The molecular weight excluding hydrogens is 444 g/mol. The molecule has 1 N–H and O–H groups in total. The van der Waals surface area contributed by atoms with Crippen molar-refractivity contribution in [3.8, 4) is 11.5 Å². The predicted molar refractivity (Wildman–Crippen MR) is 136 cm³/mol. The van der Waals surface area contributed by atoms with Crippen molar-refractivity contribution in [2.24, 2.45) is 5.92 Å². The largest absolute Gasteiger partial charge is 0.490 e. The molecule has 3 aliphatic heterocycles. The van der Waals surface area contributed by atoms with E-state index in [1.165, 1.54) is 12.8 Å². The third kappa shape index (κ3) is 7.34. The lowest BCUT2D eigenvalue weighted by atomic mass is 9.95. The van der Waals surface area contributed by atoms with E-state index in [2.05, 4.69) is 29.0 Å². The smallest absolute Gasteiger partial charge is 0.236 e. The van der Waals surface area contributed by atoms with Crippen LogP contribution in [0, 0.1) is 5.92 Å². The number of rotatable bonds is 7. The van der Waals surface area contributed by atoms with Crippen molar-refractivity contribution in [2.45, 2.75) is 52.0 Å². The van der Waals surface area contributed by atoms with Crippen molar-refractivity contribution in [3.63, 3.8) is 0 Å². The Kier molecular flexibility index (Phi) is 9.26. The van der Waals surface area contributed by atoms with E-state index in [0.717, 1.165) is 75.6 Å². The molecule has 0 aromatic heterocycles. The first-order chi connectivity index (χ1) is 17.0. The first-order valence-electron chi connectivity index (χ1n) is 13.4. The van der Waals surface area contributed by atoms with Gasteiger partial charge >= 0.3 is 0 Å². The zero-order valence-corrected chi connectivity index (χ0v) is 21.5. The molecule has 0 aliphatic carbocycles. The first-order valence-corrected chi connectivity index (χ1v) is 13.4. The molecule has 1 aromatic rings. The van der Waals surface area contributed by atoms with Crippen LogP contribution < -0.4 is 14.8 Å². The maximum atomic E-state index is 13.0. The molecule has 0 saturated carbocycles. The number of likely N-dealkylation sites (tertiary alicyclic amines) is 1. The number of benzene rings is 1. The number of carbonyl (C=O) groups excluding carboxylic acids is 2. The molecule has 1 atom stereocenters. The van der Waals surface area contributed by atoms with Crippen LogP contribution >= 0.6 is 0 Å². The Bertz CT molecular complexity index is 846. The van der Waals surface area contributed by atoms with E-state index in [-0.39, 0.29) is 23.8 Å². The molecule has 2 saturated heterocycles. The summed E-state index contributed by atoms with van der Waals surface area (Å²) in [5, 5.41) is 3.24. The molecule has 194 valence electrons. The van der Waals surface area contributed by atoms with Gasteiger partial charge in [0.2, 0.25) is 11.8 Å². The van der Waals surface area contributed by atoms with Gasteiger partial charge in [-0.2, -0.15) is 0 Å². The minimum atomic E-state index is -0.0906. The molecule has 2 amide bonds. The molecule has 0 bridgehead atoms. The SMILES string of the molecule is CC(C)C(NC(=O)CN1CCN(CC(=O)N2CCCCCC2)CC1)c1ccc2c(c1)OCCCO2. The van der Waals surface area contributed by atoms with Gasteiger partial charge in [-0.25, -0.2) is 0 Å². The van der Waals surface area contributed by atoms with E-state index < -0.39 is 0 Å². The fourth-order valence-corrected chi connectivity index (χ4v) is 5.15. The summed E-state index contributed by atoms with van der Waals surface area (Å²) >= 11 is 0. The Morgan fingerprint density at radius 2 is 1.46 bits per heavy atom. The van der Waals surface area contributed by atoms with Gasteiger partial charge in [-0.1, -0.05) is 32.8 Å². The standard InChI is InChI=1S/C27H42N4O4/c1-21(2)27(22-8-9-23-24(18-22)35-17-7-16-34-23)28-25(32)19-29-12-14-30(15-13-29)20-26(33)31-10-5-3-4-6-11-31/h8-9,18,21,27H,3-7,10-17,19-20H2,1-2H3,(H,28,32). The van der Waals surface area contributed by atoms with E-state index in [1.54, 1.807) is 0 Å². The second-order valence-corrected chi connectivity index (χ2v) is 10.4. The lowest BCUT2D eigenvalue weighted by Crippen LogP contribution is -2.52. The number of carbonyl (C=O) groups is 2. The Morgan fingerprint density at radius 1 is 0.829 bits per heavy atom. The van der Waals surface area contributed by atoms with Crippen molar-refractivity contribution in [2.75, 3.05) is 65.6 Å². The van der Waals surface area contributed by atoms with Crippen molar-refractivity contribution >= 4 is 11.8 Å². The molecule has 1 aromatic carbocycles. The number of fused-ring (bicyclic) bond motifs is 1. The first kappa shape index (κ1) is 25.8. The maximum Gasteiger partial charge on any atom is 0.236 e. The van der Waals surface area contributed by atoms with Crippen molar-refractivity contribution in [1.29, 1.82) is 0 Å². The van der Waals surface area contributed by atoms with Gasteiger partial charge < -0.3 is 19.7 Å². The van der Waals surface area contributed by atoms with E-state index in [0.29, 0.717) is 26.3 Å². The van der Waals surface area contributed by atoms with Crippen molar-refractivity contribution in [1.82, 2.24) is 20.0 Å². The quantitative estimate of drug-likeness (QED) is 0.639. The molecule has 0 radical (unpaired) electrons. The van der Waals surface area contributed by atoms with Crippen LogP contribution in [0.1, 0.15) is 57.6 Å². The monoisotopic (exact) mass is 486 g/mol. The summed E-state index contributed by atoms with van der Waals surface area (Å²) in [5.41, 5.74) is 1.04. The van der Waals surface area contributed by atoms with Crippen LogP contribution in [0.2, 0.25) is 0 Å². The predicted octanol–water partition coefficient (Wildman–Crippen LogP) is 2.68. The van der Waals surface area contributed by atoms with Crippen LogP contribution in [-0.4, -0.2) is 92.1 Å². The molecule has 3 aliphatic rings.